The fourth-order valence-corrected chi connectivity index (χ4v) is 2.86. The van der Waals surface area contributed by atoms with Gasteiger partial charge in [-0.1, -0.05) is 48.5 Å². The number of rotatable bonds is 6. The van der Waals surface area contributed by atoms with Gasteiger partial charge in [0.15, 0.2) is 0 Å². The Morgan fingerprint density at radius 2 is 1.63 bits per heavy atom. The molecule has 6 nitrogen and oxygen atoms in total. The summed E-state index contributed by atoms with van der Waals surface area (Å²) in [5.74, 6) is -0.821. The van der Waals surface area contributed by atoms with Crippen molar-refractivity contribution in [1.29, 1.82) is 0 Å². The van der Waals surface area contributed by atoms with Crippen molar-refractivity contribution >= 4 is 11.8 Å². The van der Waals surface area contributed by atoms with Gasteiger partial charge < -0.3 is 10.6 Å². The first kappa shape index (κ1) is 18.4. The summed E-state index contributed by atoms with van der Waals surface area (Å²) in [6.45, 7) is 3.57. The molecule has 0 saturated carbocycles. The molecule has 0 spiro atoms. The van der Waals surface area contributed by atoms with Crippen LogP contribution in [0.3, 0.4) is 0 Å². The van der Waals surface area contributed by atoms with Gasteiger partial charge in [0, 0.05) is 17.8 Å². The van der Waals surface area contributed by atoms with Crippen molar-refractivity contribution in [2.45, 2.75) is 19.9 Å². The predicted molar refractivity (Wildman–Crippen MR) is 104 cm³/mol. The Labute approximate surface area is 158 Å². The van der Waals surface area contributed by atoms with E-state index in [1.807, 2.05) is 74.5 Å². The Morgan fingerprint density at radius 3 is 2.19 bits per heavy atom. The Kier molecular flexibility index (Phi) is 5.35. The van der Waals surface area contributed by atoms with Crippen LogP contribution in [0.5, 0.6) is 0 Å². The largest absolute Gasteiger partial charge is 0.368 e. The van der Waals surface area contributed by atoms with Gasteiger partial charge in [-0.15, -0.1) is 0 Å². The number of benzene rings is 2. The van der Waals surface area contributed by atoms with Crippen molar-refractivity contribution in [3.8, 4) is 16.9 Å². The minimum absolute atomic E-state index is 0.138. The molecule has 0 radical (unpaired) electrons. The molecule has 0 atom stereocenters. The molecule has 0 unspecified atom stereocenters. The summed E-state index contributed by atoms with van der Waals surface area (Å²) in [6.07, 6.45) is 1.70. The second-order valence-corrected chi connectivity index (χ2v) is 6.53. The molecule has 0 aliphatic heterocycles. The maximum Gasteiger partial charge on any atom is 0.258 e. The summed E-state index contributed by atoms with van der Waals surface area (Å²) < 4.78 is 1.68. The highest BCUT2D eigenvalue weighted by Gasteiger charge is 2.26. The van der Waals surface area contributed by atoms with E-state index >= 15 is 0 Å². The Hall–Kier alpha value is -3.41. The summed E-state index contributed by atoms with van der Waals surface area (Å²) >= 11 is 0. The number of primary amides is 1. The Balaban J connectivity index is 2.11. The van der Waals surface area contributed by atoms with Gasteiger partial charge in [-0.3, -0.25) is 9.59 Å². The van der Waals surface area contributed by atoms with Crippen molar-refractivity contribution in [2.24, 2.45) is 5.73 Å². The molecule has 3 rings (SSSR count). The van der Waals surface area contributed by atoms with Crippen LogP contribution in [0.2, 0.25) is 0 Å². The standard InChI is InChI=1S/C21H22N4O2/c1-15(2)24(14-19(22)26)21(27)18-13-25(17-11-7-4-8-12-17)23-20(18)16-9-5-3-6-10-16/h3-13,15H,14H2,1-2H3,(H2,22,26). The Morgan fingerprint density at radius 1 is 1.04 bits per heavy atom. The van der Waals surface area contributed by atoms with Crippen LogP contribution in [0, 0.1) is 0 Å². The van der Waals surface area contributed by atoms with Gasteiger partial charge in [0.25, 0.3) is 5.91 Å². The lowest BCUT2D eigenvalue weighted by Gasteiger charge is -2.25. The van der Waals surface area contributed by atoms with E-state index in [-0.39, 0.29) is 18.5 Å². The lowest BCUT2D eigenvalue weighted by Crippen LogP contribution is -2.42. The third-order valence-corrected chi connectivity index (χ3v) is 4.22. The quantitative estimate of drug-likeness (QED) is 0.732. The van der Waals surface area contributed by atoms with E-state index in [4.69, 9.17) is 5.73 Å². The van der Waals surface area contributed by atoms with E-state index < -0.39 is 5.91 Å². The number of nitrogens with zero attached hydrogens (tertiary/aromatic N) is 3. The average molecular weight is 362 g/mol. The molecule has 0 bridgehead atoms. The van der Waals surface area contributed by atoms with E-state index in [0.29, 0.717) is 11.3 Å². The first-order valence-corrected chi connectivity index (χ1v) is 8.77. The van der Waals surface area contributed by atoms with Crippen LogP contribution in [0.25, 0.3) is 16.9 Å². The van der Waals surface area contributed by atoms with Gasteiger partial charge in [-0.25, -0.2) is 4.68 Å². The molecule has 6 heteroatoms. The fraction of sp³-hybridized carbons (Fsp3) is 0.190. The number of carbonyl (C=O) groups excluding carboxylic acids is 2. The predicted octanol–water partition coefficient (Wildman–Crippen LogP) is 2.88. The van der Waals surface area contributed by atoms with Crippen LogP contribution in [-0.2, 0) is 4.79 Å². The van der Waals surface area contributed by atoms with Crippen molar-refractivity contribution in [3.63, 3.8) is 0 Å². The SMILES string of the molecule is CC(C)N(CC(N)=O)C(=O)c1cn(-c2ccccc2)nc1-c1ccccc1. The van der Waals surface area contributed by atoms with E-state index in [9.17, 15) is 9.59 Å². The van der Waals surface area contributed by atoms with E-state index in [1.165, 1.54) is 4.90 Å². The molecule has 0 fully saturated rings. The smallest absolute Gasteiger partial charge is 0.258 e. The minimum Gasteiger partial charge on any atom is -0.368 e. The summed E-state index contributed by atoms with van der Waals surface area (Å²) in [4.78, 5) is 26.1. The number of hydrogen-bond donors (Lipinski definition) is 1. The lowest BCUT2D eigenvalue weighted by molar-refractivity contribution is -0.119. The first-order valence-electron chi connectivity index (χ1n) is 8.77. The van der Waals surface area contributed by atoms with Gasteiger partial charge in [0.05, 0.1) is 17.8 Å². The van der Waals surface area contributed by atoms with Crippen LogP contribution >= 0.6 is 0 Å². The third-order valence-electron chi connectivity index (χ3n) is 4.22. The molecule has 138 valence electrons. The van der Waals surface area contributed by atoms with Crippen LogP contribution in [0.15, 0.2) is 66.9 Å². The fourth-order valence-electron chi connectivity index (χ4n) is 2.86. The molecule has 0 aliphatic carbocycles. The molecule has 0 aliphatic rings. The maximum atomic E-state index is 13.2. The maximum absolute atomic E-state index is 13.2. The molecule has 0 saturated heterocycles. The van der Waals surface area contributed by atoms with Gasteiger partial charge in [-0.2, -0.15) is 5.10 Å². The van der Waals surface area contributed by atoms with Crippen molar-refractivity contribution in [3.05, 3.63) is 72.4 Å². The summed E-state index contributed by atoms with van der Waals surface area (Å²) in [7, 11) is 0. The lowest BCUT2D eigenvalue weighted by atomic mass is 10.1. The monoisotopic (exact) mass is 362 g/mol. The van der Waals surface area contributed by atoms with Gasteiger partial charge in [0.1, 0.15) is 5.69 Å². The average Bonchev–Trinajstić information content (AvgIpc) is 3.12. The number of hydrogen-bond acceptors (Lipinski definition) is 3. The van der Waals surface area contributed by atoms with Gasteiger partial charge in [-0.05, 0) is 26.0 Å². The van der Waals surface area contributed by atoms with Crippen LogP contribution in [-0.4, -0.2) is 39.1 Å². The van der Waals surface area contributed by atoms with Crippen molar-refractivity contribution < 1.29 is 9.59 Å². The number of carbonyl (C=O) groups is 2. The molecular formula is C21H22N4O2. The number of nitrogens with two attached hydrogens (primary N) is 1. The van der Waals surface area contributed by atoms with Gasteiger partial charge >= 0.3 is 0 Å². The second-order valence-electron chi connectivity index (χ2n) is 6.53. The first-order chi connectivity index (χ1) is 13.0. The van der Waals surface area contributed by atoms with E-state index in [1.54, 1.807) is 10.9 Å². The molecule has 27 heavy (non-hydrogen) atoms. The number of amides is 2. The zero-order chi connectivity index (χ0) is 19.4. The molecule has 1 heterocycles. The van der Waals surface area contributed by atoms with E-state index in [2.05, 4.69) is 5.10 Å². The molecule has 2 N–H and O–H groups in total. The molecular weight excluding hydrogens is 340 g/mol. The summed E-state index contributed by atoms with van der Waals surface area (Å²) in [6, 6.07) is 18.9. The molecule has 1 aromatic heterocycles. The van der Waals surface area contributed by atoms with Crippen molar-refractivity contribution in [1.82, 2.24) is 14.7 Å². The Bertz CT molecular complexity index is 933. The van der Waals surface area contributed by atoms with Crippen LogP contribution < -0.4 is 5.73 Å². The van der Waals surface area contributed by atoms with E-state index in [0.717, 1.165) is 11.3 Å². The zero-order valence-electron chi connectivity index (χ0n) is 15.4. The normalized spacial score (nSPS) is 10.8. The molecule has 2 amide bonds. The highest BCUT2D eigenvalue weighted by Crippen LogP contribution is 2.25. The number of para-hydroxylation sites is 1. The second kappa shape index (κ2) is 7.86. The van der Waals surface area contributed by atoms with Crippen LogP contribution in [0.1, 0.15) is 24.2 Å². The van der Waals surface area contributed by atoms with Crippen molar-refractivity contribution in [2.75, 3.05) is 6.54 Å². The highest BCUT2D eigenvalue weighted by atomic mass is 16.2. The highest BCUT2D eigenvalue weighted by molar-refractivity contribution is 6.01. The number of aromatic nitrogens is 2. The topological polar surface area (TPSA) is 81.2 Å². The molecule has 3 aromatic rings. The summed E-state index contributed by atoms with van der Waals surface area (Å²) in [5.41, 5.74) is 8.02. The van der Waals surface area contributed by atoms with Crippen LogP contribution in [0.4, 0.5) is 0 Å². The molecule has 2 aromatic carbocycles. The minimum atomic E-state index is -0.547. The summed E-state index contributed by atoms with van der Waals surface area (Å²) in [5, 5.41) is 4.65. The zero-order valence-corrected chi connectivity index (χ0v) is 15.4. The third kappa shape index (κ3) is 4.06. The van der Waals surface area contributed by atoms with Gasteiger partial charge in [0.2, 0.25) is 5.91 Å².